The van der Waals surface area contributed by atoms with Gasteiger partial charge in [0.15, 0.2) is 9.84 Å². The number of rotatable bonds is 4. The average molecular weight is 386 g/mol. The number of nitrogens with one attached hydrogen (secondary N) is 1. The van der Waals surface area contributed by atoms with Gasteiger partial charge in [-0.15, -0.1) is 0 Å². The predicted octanol–water partition coefficient (Wildman–Crippen LogP) is 1.30. The van der Waals surface area contributed by atoms with Crippen LogP contribution in [0.3, 0.4) is 0 Å². The second kappa shape index (κ2) is 5.70. The van der Waals surface area contributed by atoms with Gasteiger partial charge in [0.05, 0.1) is 16.4 Å². The molecule has 1 heterocycles. The van der Waals surface area contributed by atoms with Crippen LogP contribution in [0.15, 0.2) is 27.6 Å². The highest BCUT2D eigenvalue weighted by atomic mass is 79.9. The third-order valence-corrected chi connectivity index (χ3v) is 7.31. The first-order valence-electron chi connectivity index (χ1n) is 5.85. The SMILES string of the molecule is O=S1(=O)CC[C@H](CNS(=O)(=O)c2ccc(F)cc2Br)C1. The van der Waals surface area contributed by atoms with Crippen LogP contribution < -0.4 is 4.72 Å². The van der Waals surface area contributed by atoms with Gasteiger partial charge >= 0.3 is 0 Å². The maximum atomic E-state index is 12.9. The molecule has 1 aliphatic rings. The van der Waals surface area contributed by atoms with Crippen LogP contribution in [0.25, 0.3) is 0 Å². The minimum atomic E-state index is -3.79. The van der Waals surface area contributed by atoms with E-state index in [0.717, 1.165) is 18.2 Å². The summed E-state index contributed by atoms with van der Waals surface area (Å²) in [7, 11) is -6.83. The van der Waals surface area contributed by atoms with Gasteiger partial charge in [0.2, 0.25) is 10.0 Å². The first-order chi connectivity index (χ1) is 9.20. The molecule has 0 aliphatic carbocycles. The summed E-state index contributed by atoms with van der Waals surface area (Å²) in [5.74, 6) is -0.661. The number of benzene rings is 1. The van der Waals surface area contributed by atoms with Crippen molar-refractivity contribution in [1.82, 2.24) is 4.72 Å². The second-order valence-electron chi connectivity index (χ2n) is 4.70. The van der Waals surface area contributed by atoms with Crippen molar-refractivity contribution in [1.29, 1.82) is 0 Å². The molecule has 0 aromatic heterocycles. The van der Waals surface area contributed by atoms with Crippen LogP contribution >= 0.6 is 15.9 Å². The Labute approximate surface area is 125 Å². The molecule has 1 N–H and O–H groups in total. The van der Waals surface area contributed by atoms with Crippen molar-refractivity contribution < 1.29 is 21.2 Å². The molecule has 1 atom stereocenters. The van der Waals surface area contributed by atoms with Crippen LogP contribution in [0.5, 0.6) is 0 Å². The Kier molecular flexibility index (Phi) is 4.53. The summed E-state index contributed by atoms with van der Waals surface area (Å²) in [6.07, 6.45) is 0.454. The van der Waals surface area contributed by atoms with E-state index in [9.17, 15) is 21.2 Å². The van der Waals surface area contributed by atoms with Crippen LogP contribution in [-0.4, -0.2) is 34.9 Å². The van der Waals surface area contributed by atoms with Crippen LogP contribution in [0.2, 0.25) is 0 Å². The monoisotopic (exact) mass is 385 g/mol. The van der Waals surface area contributed by atoms with Crippen molar-refractivity contribution in [3.63, 3.8) is 0 Å². The Hall–Kier alpha value is -0.510. The summed E-state index contributed by atoms with van der Waals surface area (Å²) in [6.45, 7) is 0.0609. The smallest absolute Gasteiger partial charge is 0.229 e. The van der Waals surface area contributed by atoms with Crippen molar-refractivity contribution in [2.45, 2.75) is 11.3 Å². The highest BCUT2D eigenvalue weighted by Crippen LogP contribution is 2.23. The van der Waals surface area contributed by atoms with E-state index in [1.165, 1.54) is 0 Å². The number of sulfone groups is 1. The fraction of sp³-hybridized carbons (Fsp3) is 0.455. The van der Waals surface area contributed by atoms with E-state index in [1.807, 2.05) is 0 Å². The molecular formula is C11H13BrFNO4S2. The first kappa shape index (κ1) is 15.9. The summed E-state index contributed by atoms with van der Waals surface area (Å²) in [5.41, 5.74) is 0. The normalized spacial score (nSPS) is 22.0. The molecule has 1 aliphatic heterocycles. The topological polar surface area (TPSA) is 80.3 Å². The lowest BCUT2D eigenvalue weighted by atomic mass is 10.1. The van der Waals surface area contributed by atoms with Crippen molar-refractivity contribution in [2.24, 2.45) is 5.92 Å². The van der Waals surface area contributed by atoms with Crippen LogP contribution in [-0.2, 0) is 19.9 Å². The third kappa shape index (κ3) is 3.78. The molecule has 0 radical (unpaired) electrons. The zero-order valence-electron chi connectivity index (χ0n) is 10.3. The van der Waals surface area contributed by atoms with Gasteiger partial charge in [-0.25, -0.2) is 25.9 Å². The first-order valence-corrected chi connectivity index (χ1v) is 9.94. The third-order valence-electron chi connectivity index (χ3n) is 3.07. The van der Waals surface area contributed by atoms with Crippen LogP contribution in [0.1, 0.15) is 6.42 Å². The van der Waals surface area contributed by atoms with Gasteiger partial charge in [0.1, 0.15) is 5.82 Å². The van der Waals surface area contributed by atoms with E-state index in [1.54, 1.807) is 0 Å². The van der Waals surface area contributed by atoms with E-state index < -0.39 is 25.7 Å². The second-order valence-corrected chi connectivity index (χ2v) is 9.51. The van der Waals surface area contributed by atoms with Gasteiger partial charge in [0, 0.05) is 11.0 Å². The standard InChI is InChI=1S/C11H13BrFNO4S2/c12-10-5-9(13)1-2-11(10)20(17,18)14-6-8-3-4-19(15,16)7-8/h1-2,5,8,14H,3-4,6-7H2/t8-/m1/s1. The summed E-state index contributed by atoms with van der Waals surface area (Å²) < 4.78 is 62.2. The lowest BCUT2D eigenvalue weighted by Gasteiger charge is -2.11. The zero-order chi connectivity index (χ0) is 15.0. The molecule has 1 aromatic carbocycles. The summed E-state index contributed by atoms with van der Waals surface area (Å²) >= 11 is 3.00. The molecule has 0 spiro atoms. The van der Waals surface area contributed by atoms with Crippen molar-refractivity contribution in [3.05, 3.63) is 28.5 Å². The van der Waals surface area contributed by atoms with Gasteiger partial charge in [-0.2, -0.15) is 0 Å². The van der Waals surface area contributed by atoms with Crippen LogP contribution in [0, 0.1) is 11.7 Å². The van der Waals surface area contributed by atoms with E-state index in [-0.39, 0.29) is 33.3 Å². The fourth-order valence-electron chi connectivity index (χ4n) is 2.03. The Bertz CT molecular complexity index is 718. The van der Waals surface area contributed by atoms with Gasteiger partial charge in [0.25, 0.3) is 0 Å². The van der Waals surface area contributed by atoms with E-state index in [2.05, 4.69) is 20.7 Å². The molecule has 0 unspecified atom stereocenters. The molecule has 9 heteroatoms. The molecule has 5 nitrogen and oxygen atoms in total. The molecule has 1 fully saturated rings. The molecular weight excluding hydrogens is 373 g/mol. The molecule has 0 bridgehead atoms. The van der Waals surface area contributed by atoms with Gasteiger partial charge < -0.3 is 0 Å². The molecule has 20 heavy (non-hydrogen) atoms. The minimum absolute atomic E-state index is 0.000107. The van der Waals surface area contributed by atoms with Crippen molar-refractivity contribution in [3.8, 4) is 0 Å². The Morgan fingerprint density at radius 1 is 1.40 bits per heavy atom. The molecule has 0 saturated carbocycles. The Morgan fingerprint density at radius 2 is 2.10 bits per heavy atom. The van der Waals surface area contributed by atoms with Crippen LogP contribution in [0.4, 0.5) is 4.39 Å². The number of hydrogen-bond donors (Lipinski definition) is 1. The number of hydrogen-bond acceptors (Lipinski definition) is 4. The summed E-state index contributed by atoms with van der Waals surface area (Å²) in [6, 6.07) is 3.28. The van der Waals surface area contributed by atoms with Gasteiger partial charge in [-0.3, -0.25) is 0 Å². The fourth-order valence-corrected chi connectivity index (χ4v) is 6.06. The number of sulfonamides is 1. The molecule has 112 valence electrons. The average Bonchev–Trinajstić information content (AvgIpc) is 2.66. The lowest BCUT2D eigenvalue weighted by molar-refractivity contribution is 0.542. The van der Waals surface area contributed by atoms with Gasteiger partial charge in [-0.05, 0) is 46.5 Å². The highest BCUT2D eigenvalue weighted by molar-refractivity contribution is 9.10. The van der Waals surface area contributed by atoms with Crippen molar-refractivity contribution >= 4 is 35.8 Å². The van der Waals surface area contributed by atoms with Crippen molar-refractivity contribution in [2.75, 3.05) is 18.1 Å². The summed E-state index contributed by atoms with van der Waals surface area (Å²) in [5, 5.41) is 0. The zero-order valence-corrected chi connectivity index (χ0v) is 13.6. The van der Waals surface area contributed by atoms with E-state index in [4.69, 9.17) is 0 Å². The Morgan fingerprint density at radius 3 is 2.65 bits per heavy atom. The lowest BCUT2D eigenvalue weighted by Crippen LogP contribution is -2.30. The largest absolute Gasteiger partial charge is 0.241 e. The Balaban J connectivity index is 2.08. The van der Waals surface area contributed by atoms with E-state index in [0.29, 0.717) is 6.42 Å². The maximum Gasteiger partial charge on any atom is 0.241 e. The highest BCUT2D eigenvalue weighted by Gasteiger charge is 2.29. The van der Waals surface area contributed by atoms with Gasteiger partial charge in [-0.1, -0.05) is 0 Å². The van der Waals surface area contributed by atoms with E-state index >= 15 is 0 Å². The molecule has 0 amide bonds. The molecule has 1 saturated heterocycles. The number of halogens is 2. The maximum absolute atomic E-state index is 12.9. The summed E-state index contributed by atoms with van der Waals surface area (Å²) in [4.78, 5) is -0.0697. The quantitative estimate of drug-likeness (QED) is 0.846. The molecule has 1 aromatic rings. The molecule has 2 rings (SSSR count). The minimum Gasteiger partial charge on any atom is -0.229 e. The predicted molar refractivity (Wildman–Crippen MR) is 76.0 cm³/mol.